The van der Waals surface area contributed by atoms with Crippen molar-refractivity contribution in [3.63, 3.8) is 0 Å². The normalized spacial score (nSPS) is 19.1. The summed E-state index contributed by atoms with van der Waals surface area (Å²) in [6, 6.07) is 4.80. The molecule has 1 aliphatic rings. The van der Waals surface area contributed by atoms with Crippen LogP contribution in [0, 0.1) is 5.92 Å². The van der Waals surface area contributed by atoms with Crippen LogP contribution in [0.25, 0.3) is 0 Å². The minimum atomic E-state index is -4.33. The van der Waals surface area contributed by atoms with E-state index in [9.17, 15) is 18.3 Å². The molecule has 0 aliphatic carbocycles. The summed E-state index contributed by atoms with van der Waals surface area (Å²) in [7, 11) is 0. The van der Waals surface area contributed by atoms with Crippen LogP contribution in [0.5, 0.6) is 0 Å². The van der Waals surface area contributed by atoms with Crippen LogP contribution >= 0.6 is 12.4 Å². The van der Waals surface area contributed by atoms with E-state index in [1.165, 1.54) is 25.0 Å². The van der Waals surface area contributed by atoms with Gasteiger partial charge in [-0.15, -0.1) is 12.4 Å². The van der Waals surface area contributed by atoms with Gasteiger partial charge in [0, 0.05) is 6.54 Å². The highest BCUT2D eigenvalue weighted by molar-refractivity contribution is 5.85. The van der Waals surface area contributed by atoms with Crippen LogP contribution in [0.4, 0.5) is 13.2 Å². The van der Waals surface area contributed by atoms with Crippen LogP contribution in [-0.4, -0.2) is 29.6 Å². The number of alkyl halides is 3. The van der Waals surface area contributed by atoms with Gasteiger partial charge < -0.3 is 10.0 Å². The fourth-order valence-electron chi connectivity index (χ4n) is 2.67. The number of likely N-dealkylation sites (tertiary alicyclic amines) is 1. The number of hydrogen-bond acceptors (Lipinski definition) is 2. The molecule has 1 heterocycles. The van der Waals surface area contributed by atoms with E-state index in [-0.39, 0.29) is 18.3 Å². The van der Waals surface area contributed by atoms with Gasteiger partial charge in [-0.2, -0.15) is 13.2 Å². The molecule has 120 valence electrons. The summed E-state index contributed by atoms with van der Waals surface area (Å²) in [5, 5.41) is 10.2. The summed E-state index contributed by atoms with van der Waals surface area (Å²) in [6.07, 6.45) is -2.69. The van der Waals surface area contributed by atoms with Gasteiger partial charge in [-0.25, -0.2) is 0 Å². The largest absolute Gasteiger partial charge is 0.416 e. The van der Waals surface area contributed by atoms with E-state index >= 15 is 0 Å². The number of halogens is 4. The molecule has 1 aromatic carbocycles. The summed E-state index contributed by atoms with van der Waals surface area (Å²) in [4.78, 5) is 2.29. The Labute approximate surface area is 129 Å². The Hall–Kier alpha value is -0.780. The maximum absolute atomic E-state index is 12.5. The van der Waals surface area contributed by atoms with Crippen molar-refractivity contribution in [2.75, 3.05) is 19.6 Å². The first kappa shape index (κ1) is 18.3. The van der Waals surface area contributed by atoms with Crippen LogP contribution < -0.4 is 0 Å². The molecular weight excluding hydrogens is 303 g/mol. The quantitative estimate of drug-likeness (QED) is 0.908. The van der Waals surface area contributed by atoms with Gasteiger partial charge in [-0.1, -0.05) is 19.1 Å². The van der Waals surface area contributed by atoms with Crippen molar-refractivity contribution >= 4 is 12.4 Å². The molecule has 6 heteroatoms. The highest BCUT2D eigenvalue weighted by Crippen LogP contribution is 2.31. The third-order valence-electron chi connectivity index (χ3n) is 3.86. The molecule has 0 bridgehead atoms. The summed E-state index contributed by atoms with van der Waals surface area (Å²) in [5.41, 5.74) is -0.134. The lowest BCUT2D eigenvalue weighted by Gasteiger charge is -2.24. The molecule has 1 N–H and O–H groups in total. The molecule has 1 saturated heterocycles. The molecule has 2 rings (SSSR count). The Balaban J connectivity index is 0.00000220. The first-order valence-electron chi connectivity index (χ1n) is 6.95. The Morgan fingerprint density at radius 3 is 2.14 bits per heavy atom. The van der Waals surface area contributed by atoms with E-state index in [1.807, 2.05) is 6.92 Å². The van der Waals surface area contributed by atoms with Crippen LogP contribution in [0.2, 0.25) is 0 Å². The molecule has 0 amide bonds. The third-order valence-corrected chi connectivity index (χ3v) is 3.86. The van der Waals surface area contributed by atoms with E-state index in [2.05, 4.69) is 4.90 Å². The van der Waals surface area contributed by atoms with Crippen molar-refractivity contribution < 1.29 is 18.3 Å². The lowest BCUT2D eigenvalue weighted by molar-refractivity contribution is -0.137. The third kappa shape index (κ3) is 4.87. The maximum atomic E-state index is 12.5. The summed E-state index contributed by atoms with van der Waals surface area (Å²) in [6.45, 7) is 4.80. The molecule has 0 radical (unpaired) electrons. The van der Waals surface area contributed by atoms with Gasteiger partial charge in [-0.05, 0) is 49.5 Å². The molecule has 2 nitrogen and oxygen atoms in total. The Morgan fingerprint density at radius 1 is 1.14 bits per heavy atom. The van der Waals surface area contributed by atoms with Crippen molar-refractivity contribution in [1.29, 1.82) is 0 Å². The lowest BCUT2D eigenvalue weighted by Crippen LogP contribution is -2.28. The first-order valence-corrected chi connectivity index (χ1v) is 6.95. The zero-order chi connectivity index (χ0) is 14.8. The molecule has 1 aromatic rings. The van der Waals surface area contributed by atoms with Gasteiger partial charge in [0.25, 0.3) is 0 Å². The second-order valence-corrected chi connectivity index (χ2v) is 5.55. The number of rotatable bonds is 4. The number of benzene rings is 1. The average Bonchev–Trinajstić information content (AvgIpc) is 2.90. The predicted octanol–water partition coefficient (Wildman–Crippen LogP) is 3.89. The van der Waals surface area contributed by atoms with Crippen molar-refractivity contribution in [3.05, 3.63) is 35.4 Å². The van der Waals surface area contributed by atoms with E-state index in [1.54, 1.807) is 0 Å². The Bertz CT molecular complexity index is 430. The van der Waals surface area contributed by atoms with Crippen molar-refractivity contribution in [3.8, 4) is 0 Å². The topological polar surface area (TPSA) is 23.5 Å². The van der Waals surface area contributed by atoms with Gasteiger partial charge in [0.05, 0.1) is 11.7 Å². The number of nitrogens with zero attached hydrogens (tertiary/aromatic N) is 1. The molecule has 0 unspecified atom stereocenters. The molecule has 2 atom stereocenters. The number of aliphatic hydroxyl groups is 1. The van der Waals surface area contributed by atoms with Crippen molar-refractivity contribution in [2.45, 2.75) is 32.0 Å². The second-order valence-electron chi connectivity index (χ2n) is 5.55. The van der Waals surface area contributed by atoms with E-state index in [0.717, 1.165) is 31.8 Å². The van der Waals surface area contributed by atoms with Gasteiger partial charge in [0.2, 0.25) is 0 Å². The standard InChI is InChI=1S/C15H20F3NO.ClH/c1-11(10-19-8-2-3-9-19)14(20)12-4-6-13(7-5-12)15(16,17)18;/h4-7,11,14,20H,2-3,8-10H2,1H3;1H/t11-,14-;/m1./s1. The van der Waals surface area contributed by atoms with Gasteiger partial charge in [0.15, 0.2) is 0 Å². The van der Waals surface area contributed by atoms with Gasteiger partial charge >= 0.3 is 6.18 Å². The predicted molar refractivity (Wildman–Crippen MR) is 78.5 cm³/mol. The molecule has 0 spiro atoms. The SMILES string of the molecule is C[C@H](CN1CCCC1)[C@@H](O)c1ccc(C(F)(F)F)cc1.Cl. The Morgan fingerprint density at radius 2 is 1.67 bits per heavy atom. The average molecular weight is 324 g/mol. The summed E-state index contributed by atoms with van der Waals surface area (Å²) >= 11 is 0. The highest BCUT2D eigenvalue weighted by atomic mass is 35.5. The number of hydrogen-bond donors (Lipinski definition) is 1. The van der Waals surface area contributed by atoms with Crippen LogP contribution in [0.3, 0.4) is 0 Å². The first-order chi connectivity index (χ1) is 9.38. The second kappa shape index (κ2) is 7.47. The highest BCUT2D eigenvalue weighted by Gasteiger charge is 2.30. The minimum absolute atomic E-state index is 0. The zero-order valence-corrected chi connectivity index (χ0v) is 12.8. The fraction of sp³-hybridized carbons (Fsp3) is 0.600. The molecule has 1 aliphatic heterocycles. The molecule has 0 aromatic heterocycles. The summed E-state index contributed by atoms with van der Waals surface area (Å²) < 4.78 is 37.4. The smallest absolute Gasteiger partial charge is 0.388 e. The van der Waals surface area contributed by atoms with Crippen LogP contribution in [-0.2, 0) is 6.18 Å². The number of aliphatic hydroxyl groups excluding tert-OH is 1. The lowest BCUT2D eigenvalue weighted by atomic mass is 9.96. The molecule has 1 fully saturated rings. The van der Waals surface area contributed by atoms with Crippen LogP contribution in [0.1, 0.15) is 37.0 Å². The van der Waals surface area contributed by atoms with Gasteiger partial charge in [0.1, 0.15) is 0 Å². The van der Waals surface area contributed by atoms with E-state index < -0.39 is 17.8 Å². The molecular formula is C15H21ClF3NO. The van der Waals surface area contributed by atoms with Crippen molar-refractivity contribution in [2.24, 2.45) is 5.92 Å². The van der Waals surface area contributed by atoms with Gasteiger partial charge in [-0.3, -0.25) is 0 Å². The maximum Gasteiger partial charge on any atom is 0.416 e. The zero-order valence-electron chi connectivity index (χ0n) is 11.9. The molecule has 0 saturated carbocycles. The fourth-order valence-corrected chi connectivity index (χ4v) is 2.67. The Kier molecular flexibility index (Phi) is 6.50. The monoisotopic (exact) mass is 323 g/mol. The van der Waals surface area contributed by atoms with E-state index in [4.69, 9.17) is 0 Å². The minimum Gasteiger partial charge on any atom is -0.388 e. The molecule has 21 heavy (non-hydrogen) atoms. The summed E-state index contributed by atoms with van der Waals surface area (Å²) in [5.74, 6) is 0.00448. The van der Waals surface area contributed by atoms with E-state index in [0.29, 0.717) is 5.56 Å². The van der Waals surface area contributed by atoms with Crippen LogP contribution in [0.15, 0.2) is 24.3 Å². The van der Waals surface area contributed by atoms with Crippen molar-refractivity contribution in [1.82, 2.24) is 4.90 Å².